The molecule has 0 aliphatic carbocycles. The van der Waals surface area contributed by atoms with Crippen molar-refractivity contribution in [1.82, 2.24) is 0 Å². The molecular formula is C8H11ClFNO. The number of aliphatic hydroxyl groups is 1. The zero-order valence-electron chi connectivity index (χ0n) is 6.72. The van der Waals surface area contributed by atoms with E-state index in [4.69, 9.17) is 16.9 Å². The zero-order valence-corrected chi connectivity index (χ0v) is 7.48. The van der Waals surface area contributed by atoms with Gasteiger partial charge >= 0.3 is 0 Å². The molecule has 0 aromatic heterocycles. The van der Waals surface area contributed by atoms with Crippen molar-refractivity contribution in [2.24, 2.45) is 0 Å². The van der Waals surface area contributed by atoms with Gasteiger partial charge in [0.1, 0.15) is 5.82 Å². The van der Waals surface area contributed by atoms with Crippen LogP contribution in [0.25, 0.3) is 0 Å². The van der Waals surface area contributed by atoms with E-state index in [1.54, 1.807) is 19.1 Å². The maximum atomic E-state index is 12.2. The van der Waals surface area contributed by atoms with Crippen molar-refractivity contribution in [3.05, 3.63) is 30.1 Å². The van der Waals surface area contributed by atoms with Crippen LogP contribution >= 0.6 is 11.8 Å². The normalized spacial score (nSPS) is 8.33. The first-order valence-electron chi connectivity index (χ1n) is 3.47. The van der Waals surface area contributed by atoms with Crippen molar-refractivity contribution >= 4 is 17.5 Å². The Labute approximate surface area is 76.1 Å². The van der Waals surface area contributed by atoms with Gasteiger partial charge in [0.2, 0.25) is 0 Å². The van der Waals surface area contributed by atoms with E-state index in [1.807, 2.05) is 0 Å². The molecule has 0 unspecified atom stereocenters. The van der Waals surface area contributed by atoms with Gasteiger partial charge in [-0.05, 0) is 31.2 Å². The van der Waals surface area contributed by atoms with Crippen LogP contribution in [0, 0.1) is 5.82 Å². The predicted molar refractivity (Wildman–Crippen MR) is 48.6 cm³/mol. The summed E-state index contributed by atoms with van der Waals surface area (Å²) in [6.45, 7) is 1.93. The van der Waals surface area contributed by atoms with Crippen molar-refractivity contribution in [2.75, 3.05) is 11.4 Å². The molecule has 1 rings (SSSR count). The highest BCUT2D eigenvalue weighted by atomic mass is 35.5. The molecular weight excluding hydrogens is 181 g/mol. The number of rotatable bonds is 1. The minimum absolute atomic E-state index is 0.250. The summed E-state index contributed by atoms with van der Waals surface area (Å²) in [5.74, 6) is -0.259. The highest BCUT2D eigenvalue weighted by Crippen LogP contribution is 2.07. The Morgan fingerprint density at radius 1 is 1.42 bits per heavy atom. The zero-order chi connectivity index (χ0) is 9.40. The molecule has 0 atom stereocenters. The topological polar surface area (TPSA) is 32.3 Å². The second-order valence-electron chi connectivity index (χ2n) is 1.92. The van der Waals surface area contributed by atoms with Crippen LogP contribution in [-0.4, -0.2) is 11.7 Å². The largest absolute Gasteiger partial charge is 0.397 e. The SMILES string of the molecule is CCO.Fc1ccc(NCl)cc1. The van der Waals surface area contributed by atoms with Crippen LogP contribution in [0.15, 0.2) is 24.3 Å². The van der Waals surface area contributed by atoms with Gasteiger partial charge < -0.3 is 5.11 Å². The Kier molecular flexibility index (Phi) is 6.42. The quantitative estimate of drug-likeness (QED) is 0.669. The fraction of sp³-hybridized carbons (Fsp3) is 0.250. The van der Waals surface area contributed by atoms with Crippen molar-refractivity contribution in [1.29, 1.82) is 0 Å². The maximum absolute atomic E-state index is 12.2. The number of hydrogen-bond acceptors (Lipinski definition) is 2. The van der Waals surface area contributed by atoms with E-state index in [2.05, 4.69) is 4.84 Å². The summed E-state index contributed by atoms with van der Waals surface area (Å²) < 4.78 is 12.2. The third kappa shape index (κ3) is 4.93. The summed E-state index contributed by atoms with van der Waals surface area (Å²) in [6.07, 6.45) is 0. The lowest BCUT2D eigenvalue weighted by Crippen LogP contribution is -1.78. The lowest BCUT2D eigenvalue weighted by atomic mass is 10.3. The van der Waals surface area contributed by atoms with E-state index in [0.717, 1.165) is 0 Å². The Morgan fingerprint density at radius 3 is 2.17 bits per heavy atom. The van der Waals surface area contributed by atoms with Crippen molar-refractivity contribution in [2.45, 2.75) is 6.92 Å². The predicted octanol–water partition coefficient (Wildman–Crippen LogP) is 2.39. The molecule has 0 aliphatic rings. The highest BCUT2D eigenvalue weighted by Gasteiger charge is 1.87. The molecule has 0 spiro atoms. The number of benzene rings is 1. The fourth-order valence-corrected chi connectivity index (χ4v) is 0.639. The minimum atomic E-state index is -0.259. The van der Waals surface area contributed by atoms with E-state index in [9.17, 15) is 4.39 Å². The third-order valence-electron chi connectivity index (χ3n) is 0.953. The third-order valence-corrected chi connectivity index (χ3v) is 1.17. The van der Waals surface area contributed by atoms with Crippen LogP contribution in [0.1, 0.15) is 6.92 Å². The molecule has 1 aromatic carbocycles. The van der Waals surface area contributed by atoms with Crippen LogP contribution in [0.5, 0.6) is 0 Å². The first-order chi connectivity index (χ1) is 5.74. The average Bonchev–Trinajstić information content (AvgIpc) is 2.07. The van der Waals surface area contributed by atoms with E-state index in [-0.39, 0.29) is 12.4 Å². The minimum Gasteiger partial charge on any atom is -0.397 e. The molecule has 0 saturated heterocycles. The van der Waals surface area contributed by atoms with Gasteiger partial charge in [-0.25, -0.2) is 4.39 Å². The molecule has 0 fully saturated rings. The number of nitrogens with one attached hydrogen (secondary N) is 1. The van der Waals surface area contributed by atoms with Crippen LogP contribution in [0.3, 0.4) is 0 Å². The van der Waals surface area contributed by atoms with Gasteiger partial charge in [0.25, 0.3) is 0 Å². The van der Waals surface area contributed by atoms with Crippen LogP contribution in [-0.2, 0) is 0 Å². The van der Waals surface area contributed by atoms with Crippen molar-refractivity contribution in [3.63, 3.8) is 0 Å². The summed E-state index contributed by atoms with van der Waals surface area (Å²) in [4.78, 5) is 2.36. The second kappa shape index (κ2) is 6.88. The lowest BCUT2D eigenvalue weighted by molar-refractivity contribution is 0.318. The van der Waals surface area contributed by atoms with E-state index < -0.39 is 0 Å². The maximum Gasteiger partial charge on any atom is 0.123 e. The standard InChI is InChI=1S/C6H5ClFN.C2H6O/c7-9-6-3-1-5(8)2-4-6;1-2-3/h1-4,9H;3H,2H2,1H3. The van der Waals surface area contributed by atoms with Gasteiger partial charge in [0.05, 0.1) is 0 Å². The Morgan fingerprint density at radius 2 is 1.83 bits per heavy atom. The number of aliphatic hydroxyl groups excluding tert-OH is 1. The Balaban J connectivity index is 0.000000354. The van der Waals surface area contributed by atoms with Gasteiger partial charge in [-0.2, -0.15) is 0 Å². The summed E-state index contributed by atoms with van der Waals surface area (Å²) in [5.41, 5.74) is 0.693. The average molecular weight is 192 g/mol. The summed E-state index contributed by atoms with van der Waals surface area (Å²) >= 11 is 5.21. The molecule has 12 heavy (non-hydrogen) atoms. The molecule has 0 saturated carbocycles. The van der Waals surface area contributed by atoms with Gasteiger partial charge in [0, 0.05) is 24.1 Å². The summed E-state index contributed by atoms with van der Waals surface area (Å²) in [7, 11) is 0. The molecule has 0 radical (unpaired) electrons. The molecule has 0 bridgehead atoms. The van der Waals surface area contributed by atoms with Gasteiger partial charge in [-0.15, -0.1) is 0 Å². The molecule has 68 valence electrons. The summed E-state index contributed by atoms with van der Waals surface area (Å²) in [6, 6.07) is 5.79. The first-order valence-corrected chi connectivity index (χ1v) is 3.85. The van der Waals surface area contributed by atoms with Gasteiger partial charge in [-0.3, -0.25) is 4.84 Å². The number of hydrogen-bond donors (Lipinski definition) is 2. The molecule has 2 nitrogen and oxygen atoms in total. The van der Waals surface area contributed by atoms with Crippen molar-refractivity contribution < 1.29 is 9.50 Å². The molecule has 0 aliphatic heterocycles. The Bertz CT molecular complexity index is 203. The van der Waals surface area contributed by atoms with E-state index in [0.29, 0.717) is 5.69 Å². The van der Waals surface area contributed by atoms with Gasteiger partial charge in [0.15, 0.2) is 0 Å². The lowest BCUT2D eigenvalue weighted by Gasteiger charge is -1.93. The van der Waals surface area contributed by atoms with Crippen LogP contribution in [0.4, 0.5) is 10.1 Å². The van der Waals surface area contributed by atoms with Crippen LogP contribution in [0.2, 0.25) is 0 Å². The summed E-state index contributed by atoms with van der Waals surface area (Å²) in [5, 5.41) is 7.57. The van der Waals surface area contributed by atoms with Gasteiger partial charge in [-0.1, -0.05) is 0 Å². The number of halogens is 2. The molecule has 0 heterocycles. The smallest absolute Gasteiger partial charge is 0.123 e. The monoisotopic (exact) mass is 191 g/mol. The molecule has 1 aromatic rings. The fourth-order valence-electron chi connectivity index (χ4n) is 0.513. The second-order valence-corrected chi connectivity index (χ2v) is 2.11. The van der Waals surface area contributed by atoms with Crippen LogP contribution < -0.4 is 4.84 Å². The molecule has 0 amide bonds. The van der Waals surface area contributed by atoms with Crippen molar-refractivity contribution in [3.8, 4) is 0 Å². The Hall–Kier alpha value is -0.800. The highest BCUT2D eigenvalue weighted by molar-refractivity contribution is 6.23. The van der Waals surface area contributed by atoms with E-state index in [1.165, 1.54) is 12.1 Å². The van der Waals surface area contributed by atoms with E-state index >= 15 is 0 Å². The first kappa shape index (κ1) is 11.2. The molecule has 4 heteroatoms. The number of anilines is 1. The molecule has 2 N–H and O–H groups in total.